The van der Waals surface area contributed by atoms with Gasteiger partial charge in [-0.15, -0.1) is 10.2 Å². The van der Waals surface area contributed by atoms with Gasteiger partial charge in [-0.2, -0.15) is 0 Å². The van der Waals surface area contributed by atoms with E-state index in [0.717, 1.165) is 16.7 Å². The van der Waals surface area contributed by atoms with Gasteiger partial charge in [0.05, 0.1) is 0 Å². The minimum Gasteiger partial charge on any atom is -0.356 e. The van der Waals surface area contributed by atoms with Gasteiger partial charge in [0.15, 0.2) is 0 Å². The summed E-state index contributed by atoms with van der Waals surface area (Å²) in [6.07, 6.45) is 2.54. The minimum atomic E-state index is 0.435. The molecule has 2 rings (SSSR count). The van der Waals surface area contributed by atoms with Crippen LogP contribution in [0.1, 0.15) is 24.8 Å². The molecule has 1 fully saturated rings. The lowest BCUT2D eigenvalue weighted by atomic mass is 10.1. The quantitative estimate of drug-likeness (QED) is 0.795. The van der Waals surface area contributed by atoms with Crippen molar-refractivity contribution >= 4 is 16.5 Å². The number of hydrogen-bond donors (Lipinski definition) is 2. The fourth-order valence-electron chi connectivity index (χ4n) is 1.79. The highest BCUT2D eigenvalue weighted by Gasteiger charge is 2.21. The van der Waals surface area contributed by atoms with Gasteiger partial charge in [-0.3, -0.25) is 0 Å². The van der Waals surface area contributed by atoms with E-state index in [-0.39, 0.29) is 0 Å². The second-order valence-electron chi connectivity index (χ2n) is 3.76. The molecule has 0 aromatic carbocycles. The van der Waals surface area contributed by atoms with Crippen molar-refractivity contribution in [3.63, 3.8) is 0 Å². The summed E-state index contributed by atoms with van der Waals surface area (Å²) in [5.41, 5.74) is 0. The van der Waals surface area contributed by atoms with Gasteiger partial charge in [0.2, 0.25) is 5.13 Å². The third-order valence-electron chi connectivity index (χ3n) is 2.58. The number of nitrogens with zero attached hydrogens (tertiary/aromatic N) is 2. The zero-order valence-corrected chi connectivity index (χ0v) is 9.40. The molecule has 0 bridgehead atoms. The second-order valence-corrected chi connectivity index (χ2v) is 4.94. The van der Waals surface area contributed by atoms with Crippen LogP contribution in [-0.2, 0) is 0 Å². The lowest BCUT2D eigenvalue weighted by Gasteiger charge is -2.19. The summed E-state index contributed by atoms with van der Waals surface area (Å²) in [5, 5.41) is 16.9. The largest absolute Gasteiger partial charge is 0.356 e. The molecular formula is C9H16N4S. The van der Waals surface area contributed by atoms with Crippen LogP contribution in [0.4, 0.5) is 5.13 Å². The number of rotatable bonds is 3. The van der Waals surface area contributed by atoms with Gasteiger partial charge in [0.1, 0.15) is 5.01 Å². The maximum Gasteiger partial charge on any atom is 0.205 e. The summed E-state index contributed by atoms with van der Waals surface area (Å²) in [6, 6.07) is 1.02. The maximum absolute atomic E-state index is 4.06. The Bertz CT molecular complexity index is 293. The molecule has 1 aliphatic rings. The van der Waals surface area contributed by atoms with Crippen LogP contribution in [0.5, 0.6) is 0 Å². The van der Waals surface area contributed by atoms with Crippen molar-refractivity contribution in [1.82, 2.24) is 15.5 Å². The average molecular weight is 212 g/mol. The van der Waals surface area contributed by atoms with Crippen molar-refractivity contribution in [2.24, 2.45) is 0 Å². The topological polar surface area (TPSA) is 49.8 Å². The van der Waals surface area contributed by atoms with Crippen LogP contribution in [0.3, 0.4) is 0 Å². The van der Waals surface area contributed by atoms with Crippen molar-refractivity contribution < 1.29 is 0 Å². The van der Waals surface area contributed by atoms with Gasteiger partial charge in [-0.1, -0.05) is 11.3 Å². The summed E-state index contributed by atoms with van der Waals surface area (Å²) in [5.74, 6) is 0. The van der Waals surface area contributed by atoms with Crippen LogP contribution in [-0.4, -0.2) is 28.8 Å². The number of anilines is 1. The lowest BCUT2D eigenvalue weighted by molar-refractivity contribution is 0.537. The molecule has 0 saturated carbocycles. The minimum absolute atomic E-state index is 0.435. The van der Waals surface area contributed by atoms with Crippen LogP contribution in [0, 0.1) is 6.92 Å². The van der Waals surface area contributed by atoms with Crippen LogP contribution < -0.4 is 10.6 Å². The van der Waals surface area contributed by atoms with E-state index >= 15 is 0 Å². The highest BCUT2D eigenvalue weighted by Crippen LogP contribution is 2.18. The Hall–Kier alpha value is -0.680. The molecule has 14 heavy (non-hydrogen) atoms. The van der Waals surface area contributed by atoms with E-state index in [1.807, 2.05) is 6.92 Å². The number of hydrogen-bond acceptors (Lipinski definition) is 5. The molecule has 2 unspecified atom stereocenters. The van der Waals surface area contributed by atoms with Gasteiger partial charge in [0.25, 0.3) is 0 Å². The first-order valence-corrected chi connectivity index (χ1v) is 5.87. The maximum atomic E-state index is 4.06. The molecular weight excluding hydrogens is 196 g/mol. The summed E-state index contributed by atoms with van der Waals surface area (Å²) >= 11 is 1.61. The SMILES string of the molecule is Cc1nnc(NC(C)C2CCCN2)s1. The van der Waals surface area contributed by atoms with Gasteiger partial charge < -0.3 is 10.6 Å². The zero-order valence-electron chi connectivity index (χ0n) is 8.58. The predicted molar refractivity (Wildman–Crippen MR) is 58.8 cm³/mol. The first kappa shape index (κ1) is 9.86. The van der Waals surface area contributed by atoms with Crippen LogP contribution in [0.15, 0.2) is 0 Å². The summed E-state index contributed by atoms with van der Waals surface area (Å²) in [6.45, 7) is 5.31. The van der Waals surface area contributed by atoms with Crippen LogP contribution in [0.25, 0.3) is 0 Å². The van der Waals surface area contributed by atoms with E-state index in [9.17, 15) is 0 Å². The fourth-order valence-corrected chi connectivity index (χ4v) is 2.48. The Balaban J connectivity index is 1.90. The third-order valence-corrected chi connectivity index (χ3v) is 3.35. The normalized spacial score (nSPS) is 23.7. The van der Waals surface area contributed by atoms with Gasteiger partial charge in [-0.25, -0.2) is 0 Å². The molecule has 78 valence electrons. The molecule has 1 aromatic heterocycles. The van der Waals surface area contributed by atoms with Crippen LogP contribution in [0.2, 0.25) is 0 Å². The van der Waals surface area contributed by atoms with Crippen molar-refractivity contribution in [1.29, 1.82) is 0 Å². The van der Waals surface area contributed by atoms with Gasteiger partial charge in [0, 0.05) is 12.1 Å². The highest BCUT2D eigenvalue weighted by molar-refractivity contribution is 7.15. The number of aryl methyl sites for hydroxylation is 1. The summed E-state index contributed by atoms with van der Waals surface area (Å²) < 4.78 is 0. The Kier molecular flexibility index (Phi) is 2.98. The van der Waals surface area contributed by atoms with E-state index in [1.54, 1.807) is 11.3 Å². The molecule has 1 aliphatic heterocycles. The molecule has 0 aliphatic carbocycles. The fraction of sp³-hybridized carbons (Fsp3) is 0.778. The predicted octanol–water partition coefficient (Wildman–Crippen LogP) is 1.40. The van der Waals surface area contributed by atoms with Crippen molar-refractivity contribution in [2.75, 3.05) is 11.9 Å². The zero-order chi connectivity index (χ0) is 9.97. The standard InChI is InChI=1S/C9H16N4S/c1-6(8-4-3-5-10-8)11-9-13-12-7(2)14-9/h6,8,10H,3-5H2,1-2H3,(H,11,13). The molecule has 1 aromatic rings. The Labute approximate surface area is 88.1 Å². The van der Waals surface area contributed by atoms with E-state index in [1.165, 1.54) is 12.8 Å². The van der Waals surface area contributed by atoms with E-state index in [0.29, 0.717) is 12.1 Å². The van der Waals surface area contributed by atoms with Gasteiger partial charge >= 0.3 is 0 Å². The monoisotopic (exact) mass is 212 g/mol. The molecule has 0 radical (unpaired) electrons. The molecule has 2 atom stereocenters. The number of nitrogens with one attached hydrogen (secondary N) is 2. The first-order chi connectivity index (χ1) is 6.75. The highest BCUT2D eigenvalue weighted by atomic mass is 32.1. The van der Waals surface area contributed by atoms with Gasteiger partial charge in [-0.05, 0) is 33.2 Å². The molecule has 2 N–H and O–H groups in total. The Morgan fingerprint density at radius 1 is 1.57 bits per heavy atom. The summed E-state index contributed by atoms with van der Waals surface area (Å²) in [7, 11) is 0. The van der Waals surface area contributed by atoms with E-state index in [2.05, 4.69) is 27.8 Å². The van der Waals surface area contributed by atoms with E-state index < -0.39 is 0 Å². The molecule has 0 amide bonds. The smallest absolute Gasteiger partial charge is 0.205 e. The average Bonchev–Trinajstić information content (AvgIpc) is 2.75. The Morgan fingerprint density at radius 3 is 3.00 bits per heavy atom. The van der Waals surface area contributed by atoms with Crippen molar-refractivity contribution in [2.45, 2.75) is 38.8 Å². The lowest BCUT2D eigenvalue weighted by Crippen LogP contribution is -2.37. The number of aromatic nitrogens is 2. The molecule has 2 heterocycles. The first-order valence-electron chi connectivity index (χ1n) is 5.06. The summed E-state index contributed by atoms with van der Waals surface area (Å²) in [4.78, 5) is 0. The van der Waals surface area contributed by atoms with E-state index in [4.69, 9.17) is 0 Å². The molecule has 0 spiro atoms. The molecule has 4 nitrogen and oxygen atoms in total. The molecule has 5 heteroatoms. The second kappa shape index (κ2) is 4.23. The Morgan fingerprint density at radius 2 is 2.43 bits per heavy atom. The third kappa shape index (κ3) is 2.22. The van der Waals surface area contributed by atoms with Crippen LogP contribution >= 0.6 is 11.3 Å². The van der Waals surface area contributed by atoms with Crippen molar-refractivity contribution in [3.8, 4) is 0 Å². The molecule has 1 saturated heterocycles. The van der Waals surface area contributed by atoms with Crippen molar-refractivity contribution in [3.05, 3.63) is 5.01 Å².